The lowest BCUT2D eigenvalue weighted by Crippen LogP contribution is -2.21. The molecule has 0 fully saturated rings. The van der Waals surface area contributed by atoms with Crippen molar-refractivity contribution in [3.63, 3.8) is 0 Å². The van der Waals surface area contributed by atoms with E-state index in [-0.39, 0.29) is 12.3 Å². The summed E-state index contributed by atoms with van der Waals surface area (Å²) in [4.78, 5) is 18.4. The van der Waals surface area contributed by atoms with Gasteiger partial charge in [0, 0.05) is 28.1 Å². The number of hydrogen-bond acceptors (Lipinski definition) is 5. The summed E-state index contributed by atoms with van der Waals surface area (Å²) in [6, 6.07) is 7.22. The summed E-state index contributed by atoms with van der Waals surface area (Å²) >= 11 is 7.79. The van der Waals surface area contributed by atoms with Gasteiger partial charge in [-0.25, -0.2) is 0 Å². The number of rotatable bonds is 3. The fourth-order valence-electron chi connectivity index (χ4n) is 3.41. The van der Waals surface area contributed by atoms with E-state index >= 15 is 0 Å². The zero-order chi connectivity index (χ0) is 22.0. The standard InChI is InChI=1S/C20H20ClN5OS.C2H6/c1-10-11(2)28-20-17(10)18(13-5-7-14(21)8-6-13)23-15(9-16(27)22-4)19-25-24-12(3)26(19)20;1-2/h5-8,15H,9H2,1-4H3,(H,22,27);1-2H3/t15-;/m0./s1. The Labute approximate surface area is 186 Å². The average molecular weight is 444 g/mol. The molecule has 3 aromatic rings. The zero-order valence-electron chi connectivity index (χ0n) is 18.1. The molecule has 1 N–H and O–H groups in total. The van der Waals surface area contributed by atoms with Crippen LogP contribution < -0.4 is 5.32 Å². The van der Waals surface area contributed by atoms with Crippen molar-refractivity contribution >= 4 is 34.6 Å². The summed E-state index contributed by atoms with van der Waals surface area (Å²) in [5, 5.41) is 13.1. The lowest BCUT2D eigenvalue weighted by atomic mass is 9.99. The first-order chi connectivity index (χ1) is 14.4. The van der Waals surface area contributed by atoms with Gasteiger partial charge in [0.05, 0.1) is 12.1 Å². The summed E-state index contributed by atoms with van der Waals surface area (Å²) < 4.78 is 2.04. The first-order valence-corrected chi connectivity index (χ1v) is 11.2. The van der Waals surface area contributed by atoms with Gasteiger partial charge in [0.2, 0.25) is 5.91 Å². The molecular formula is C22H26ClN5OS. The van der Waals surface area contributed by atoms with E-state index < -0.39 is 6.04 Å². The highest BCUT2D eigenvalue weighted by atomic mass is 35.5. The van der Waals surface area contributed by atoms with Crippen molar-refractivity contribution in [3.8, 4) is 5.00 Å². The molecule has 158 valence electrons. The van der Waals surface area contributed by atoms with Crippen molar-refractivity contribution in [2.24, 2.45) is 4.99 Å². The summed E-state index contributed by atoms with van der Waals surface area (Å²) in [7, 11) is 1.63. The Hall–Kier alpha value is -2.51. The number of hydrogen-bond donors (Lipinski definition) is 1. The third-order valence-corrected chi connectivity index (χ3v) is 6.46. The van der Waals surface area contributed by atoms with Crippen LogP contribution in [0.3, 0.4) is 0 Å². The van der Waals surface area contributed by atoms with E-state index in [1.165, 1.54) is 10.4 Å². The smallest absolute Gasteiger partial charge is 0.222 e. The quantitative estimate of drug-likeness (QED) is 0.621. The van der Waals surface area contributed by atoms with Gasteiger partial charge < -0.3 is 5.32 Å². The van der Waals surface area contributed by atoms with Crippen molar-refractivity contribution in [2.45, 2.75) is 47.1 Å². The Morgan fingerprint density at radius 3 is 2.47 bits per heavy atom. The number of carbonyl (C=O) groups excluding carboxylic acids is 1. The molecule has 0 spiro atoms. The minimum atomic E-state index is -0.425. The van der Waals surface area contributed by atoms with E-state index in [1.54, 1.807) is 18.4 Å². The normalized spacial score (nSPS) is 14.6. The van der Waals surface area contributed by atoms with Crippen LogP contribution in [-0.2, 0) is 4.79 Å². The highest BCUT2D eigenvalue weighted by Gasteiger charge is 2.32. The van der Waals surface area contributed by atoms with Crippen LogP contribution in [0.2, 0.25) is 5.02 Å². The third-order valence-electron chi connectivity index (χ3n) is 5.01. The molecule has 4 rings (SSSR count). The number of aliphatic imine (C=N–C) groups is 1. The maximum absolute atomic E-state index is 12.2. The number of nitrogens with zero attached hydrogens (tertiary/aromatic N) is 4. The second-order valence-corrected chi connectivity index (χ2v) is 8.42. The van der Waals surface area contributed by atoms with Gasteiger partial charge in [0.1, 0.15) is 16.9 Å². The molecule has 1 aliphatic rings. The van der Waals surface area contributed by atoms with Crippen LogP contribution in [0.1, 0.15) is 59.5 Å². The van der Waals surface area contributed by atoms with Crippen LogP contribution in [0.15, 0.2) is 29.3 Å². The molecule has 0 aliphatic carbocycles. The highest BCUT2D eigenvalue weighted by Crippen LogP contribution is 2.39. The molecule has 0 saturated heterocycles. The van der Waals surface area contributed by atoms with Crippen LogP contribution in [0.4, 0.5) is 0 Å². The van der Waals surface area contributed by atoms with Gasteiger partial charge in [-0.05, 0) is 38.5 Å². The van der Waals surface area contributed by atoms with E-state index in [0.717, 1.165) is 27.7 Å². The van der Waals surface area contributed by atoms with Gasteiger partial charge in [-0.15, -0.1) is 21.5 Å². The maximum atomic E-state index is 12.2. The predicted molar refractivity (Wildman–Crippen MR) is 123 cm³/mol. The summed E-state index contributed by atoms with van der Waals surface area (Å²) in [5.41, 5.74) is 4.05. The van der Waals surface area contributed by atoms with Gasteiger partial charge in [0.15, 0.2) is 5.82 Å². The third kappa shape index (κ3) is 3.91. The minimum absolute atomic E-state index is 0.0884. The first kappa shape index (κ1) is 22.2. The van der Waals surface area contributed by atoms with E-state index in [1.807, 2.05) is 49.6 Å². The number of fused-ring (bicyclic) bond motifs is 3. The molecule has 1 amide bonds. The lowest BCUT2D eigenvalue weighted by Gasteiger charge is -2.12. The van der Waals surface area contributed by atoms with Gasteiger partial charge >= 0.3 is 0 Å². The molecule has 1 aliphatic heterocycles. The van der Waals surface area contributed by atoms with Crippen LogP contribution in [-0.4, -0.2) is 33.4 Å². The number of aryl methyl sites for hydroxylation is 2. The predicted octanol–water partition coefficient (Wildman–Crippen LogP) is 4.96. The van der Waals surface area contributed by atoms with E-state index in [0.29, 0.717) is 10.8 Å². The number of amides is 1. The molecule has 3 heterocycles. The zero-order valence-corrected chi connectivity index (χ0v) is 19.6. The Kier molecular flexibility index (Phi) is 6.73. The van der Waals surface area contributed by atoms with E-state index in [2.05, 4.69) is 29.4 Å². The molecule has 0 unspecified atom stereocenters. The molecule has 0 radical (unpaired) electrons. The summed E-state index contributed by atoms with van der Waals surface area (Å²) in [6.07, 6.45) is 0.207. The Morgan fingerprint density at radius 1 is 1.17 bits per heavy atom. The highest BCUT2D eigenvalue weighted by molar-refractivity contribution is 7.15. The topological polar surface area (TPSA) is 72.2 Å². The monoisotopic (exact) mass is 443 g/mol. The van der Waals surface area contributed by atoms with Crippen molar-refractivity contribution in [1.82, 2.24) is 20.1 Å². The average Bonchev–Trinajstić information content (AvgIpc) is 3.22. The molecule has 1 atom stereocenters. The van der Waals surface area contributed by atoms with Gasteiger partial charge in [0.25, 0.3) is 0 Å². The van der Waals surface area contributed by atoms with Gasteiger partial charge in [-0.1, -0.05) is 37.6 Å². The molecule has 1 aromatic carbocycles. The Balaban J connectivity index is 0.00000124. The van der Waals surface area contributed by atoms with Gasteiger partial charge in [-0.3, -0.25) is 14.4 Å². The van der Waals surface area contributed by atoms with E-state index in [9.17, 15) is 4.79 Å². The number of aromatic nitrogens is 3. The molecular weight excluding hydrogens is 418 g/mol. The number of nitrogens with one attached hydrogen (secondary N) is 1. The number of halogens is 1. The van der Waals surface area contributed by atoms with Crippen LogP contribution in [0.5, 0.6) is 0 Å². The van der Waals surface area contributed by atoms with Crippen LogP contribution in [0, 0.1) is 20.8 Å². The van der Waals surface area contributed by atoms with Crippen molar-refractivity contribution in [1.29, 1.82) is 0 Å². The summed E-state index contributed by atoms with van der Waals surface area (Å²) in [6.45, 7) is 10.1. The molecule has 2 aromatic heterocycles. The fraction of sp³-hybridized carbons (Fsp3) is 0.364. The minimum Gasteiger partial charge on any atom is -0.359 e. The molecule has 8 heteroatoms. The molecule has 6 nitrogen and oxygen atoms in total. The molecule has 0 bridgehead atoms. The number of carbonyl (C=O) groups is 1. The van der Waals surface area contributed by atoms with E-state index in [4.69, 9.17) is 16.6 Å². The Bertz CT molecular complexity index is 1100. The Morgan fingerprint density at radius 2 is 1.83 bits per heavy atom. The lowest BCUT2D eigenvalue weighted by molar-refractivity contribution is -0.121. The number of thiophene rings is 1. The molecule has 0 saturated carbocycles. The second-order valence-electron chi connectivity index (χ2n) is 6.78. The van der Waals surface area contributed by atoms with Crippen molar-refractivity contribution in [3.05, 3.63) is 62.5 Å². The van der Waals surface area contributed by atoms with Crippen LogP contribution in [0.25, 0.3) is 5.00 Å². The SMILES string of the molecule is CC.CNC(=O)C[C@@H]1N=C(c2ccc(Cl)cc2)c2c(sc(C)c2C)-n2c(C)nnc21. The second kappa shape index (κ2) is 9.10. The van der Waals surface area contributed by atoms with Crippen molar-refractivity contribution in [2.75, 3.05) is 7.05 Å². The first-order valence-electron chi connectivity index (χ1n) is 9.97. The summed E-state index contributed by atoms with van der Waals surface area (Å²) in [5.74, 6) is 1.38. The van der Waals surface area contributed by atoms with Crippen molar-refractivity contribution < 1.29 is 4.79 Å². The number of benzene rings is 1. The molecule has 30 heavy (non-hydrogen) atoms. The largest absolute Gasteiger partial charge is 0.359 e. The fourth-order valence-corrected chi connectivity index (χ4v) is 4.75. The van der Waals surface area contributed by atoms with Gasteiger partial charge in [-0.2, -0.15) is 0 Å². The van der Waals surface area contributed by atoms with Crippen LogP contribution >= 0.6 is 22.9 Å². The maximum Gasteiger partial charge on any atom is 0.222 e.